The summed E-state index contributed by atoms with van der Waals surface area (Å²) in [6.45, 7) is 1.82. The molecule has 0 radical (unpaired) electrons. The van der Waals surface area contributed by atoms with Gasteiger partial charge >= 0.3 is 6.18 Å². The average molecular weight is 400 g/mol. The molecule has 0 aliphatic carbocycles. The van der Waals surface area contributed by atoms with Crippen LogP contribution in [0.5, 0.6) is 0 Å². The number of hydrogen-bond acceptors (Lipinski definition) is 4. The van der Waals surface area contributed by atoms with Crippen molar-refractivity contribution in [1.82, 2.24) is 25.1 Å². The Bertz CT molecular complexity index is 1220. The minimum atomic E-state index is -4.51. The van der Waals surface area contributed by atoms with Crippen molar-refractivity contribution in [2.75, 3.05) is 0 Å². The van der Waals surface area contributed by atoms with Crippen molar-refractivity contribution >= 4 is 16.9 Å². The Kier molecular flexibility index (Phi) is 4.33. The van der Waals surface area contributed by atoms with E-state index in [1.807, 2.05) is 6.92 Å². The molecule has 0 saturated heterocycles. The number of alkyl halides is 3. The number of H-pyrrole nitrogens is 2. The van der Waals surface area contributed by atoms with Gasteiger partial charge in [0, 0.05) is 5.56 Å². The molecule has 1 aromatic carbocycles. The van der Waals surface area contributed by atoms with Crippen LogP contribution in [0.1, 0.15) is 28.4 Å². The first kappa shape index (κ1) is 18.7. The number of nitrogens with zero attached hydrogens (tertiary/aromatic N) is 3. The standard InChI is InChI=1S/C19H15F3N6O/c1-2-9-3-4-10(19(20,21)22)5-11(9)15-12(17(23)29)6-14(27-15)16-13-7-26-28-18(13)25-8-24-16/h3-8,27H,2H2,1H3,(H2,23,29)(H,24,25,26,28). The van der Waals surface area contributed by atoms with E-state index in [4.69, 9.17) is 5.73 Å². The van der Waals surface area contributed by atoms with E-state index in [-0.39, 0.29) is 16.8 Å². The Balaban J connectivity index is 1.96. The minimum absolute atomic E-state index is 0.0734. The van der Waals surface area contributed by atoms with Crippen LogP contribution in [0.15, 0.2) is 36.8 Å². The maximum atomic E-state index is 13.3. The van der Waals surface area contributed by atoms with E-state index in [1.54, 1.807) is 0 Å². The van der Waals surface area contributed by atoms with Crippen molar-refractivity contribution < 1.29 is 18.0 Å². The Labute approximate surface area is 162 Å². The lowest BCUT2D eigenvalue weighted by Gasteiger charge is -2.13. The quantitative estimate of drug-likeness (QED) is 0.485. The van der Waals surface area contributed by atoms with Crippen LogP contribution in [0.2, 0.25) is 0 Å². The predicted molar refractivity (Wildman–Crippen MR) is 99.8 cm³/mol. The van der Waals surface area contributed by atoms with Crippen molar-refractivity contribution in [3.63, 3.8) is 0 Å². The van der Waals surface area contributed by atoms with Gasteiger partial charge in [-0.25, -0.2) is 9.97 Å². The van der Waals surface area contributed by atoms with Gasteiger partial charge in [-0.1, -0.05) is 13.0 Å². The first-order valence-corrected chi connectivity index (χ1v) is 8.67. The van der Waals surface area contributed by atoms with Gasteiger partial charge < -0.3 is 10.7 Å². The third-order valence-corrected chi connectivity index (χ3v) is 4.67. The van der Waals surface area contributed by atoms with Crippen LogP contribution < -0.4 is 5.73 Å². The smallest absolute Gasteiger partial charge is 0.366 e. The summed E-state index contributed by atoms with van der Waals surface area (Å²) in [7, 11) is 0. The second-order valence-electron chi connectivity index (χ2n) is 6.41. The lowest BCUT2D eigenvalue weighted by Crippen LogP contribution is -2.12. The zero-order chi connectivity index (χ0) is 20.8. The van der Waals surface area contributed by atoms with Crippen molar-refractivity contribution in [2.45, 2.75) is 19.5 Å². The number of aryl methyl sites for hydroxylation is 1. The fourth-order valence-corrected chi connectivity index (χ4v) is 3.26. The van der Waals surface area contributed by atoms with Crippen molar-refractivity contribution in [1.29, 1.82) is 0 Å². The fraction of sp³-hybridized carbons (Fsp3) is 0.158. The van der Waals surface area contributed by atoms with Gasteiger partial charge in [-0.3, -0.25) is 9.89 Å². The summed E-state index contributed by atoms with van der Waals surface area (Å²) in [5.41, 5.74) is 7.26. The molecule has 0 aliphatic rings. The lowest BCUT2D eigenvalue weighted by atomic mass is 9.97. The van der Waals surface area contributed by atoms with Crippen LogP contribution in [0.3, 0.4) is 0 Å². The molecule has 0 atom stereocenters. The first-order valence-electron chi connectivity index (χ1n) is 8.67. The van der Waals surface area contributed by atoms with E-state index in [0.29, 0.717) is 34.4 Å². The normalized spacial score (nSPS) is 11.9. The summed E-state index contributed by atoms with van der Waals surface area (Å²) >= 11 is 0. The van der Waals surface area contributed by atoms with Crippen molar-refractivity contribution in [3.8, 4) is 22.6 Å². The van der Waals surface area contributed by atoms with Crippen LogP contribution in [0.25, 0.3) is 33.7 Å². The summed E-state index contributed by atoms with van der Waals surface area (Å²) in [5.74, 6) is -0.764. The molecular weight excluding hydrogens is 385 g/mol. The minimum Gasteiger partial charge on any atom is -0.366 e. The highest BCUT2D eigenvalue weighted by Gasteiger charge is 2.31. The van der Waals surface area contributed by atoms with Gasteiger partial charge in [0.15, 0.2) is 5.65 Å². The maximum absolute atomic E-state index is 13.3. The molecule has 0 aliphatic heterocycles. The summed E-state index contributed by atoms with van der Waals surface area (Å²) in [4.78, 5) is 23.4. The number of aromatic amines is 2. The molecule has 0 unspecified atom stereocenters. The zero-order valence-electron chi connectivity index (χ0n) is 15.1. The number of halogens is 3. The molecule has 0 spiro atoms. The van der Waals surface area contributed by atoms with Gasteiger partial charge in [0.1, 0.15) is 12.0 Å². The molecule has 7 nitrogen and oxygen atoms in total. The fourth-order valence-electron chi connectivity index (χ4n) is 3.26. The number of carbonyl (C=O) groups is 1. The summed E-state index contributed by atoms with van der Waals surface area (Å²) in [6, 6.07) is 4.93. The highest BCUT2D eigenvalue weighted by molar-refractivity contribution is 6.02. The molecule has 1 amide bonds. The highest BCUT2D eigenvalue weighted by Crippen LogP contribution is 2.37. The van der Waals surface area contributed by atoms with Gasteiger partial charge in [-0.15, -0.1) is 0 Å². The van der Waals surface area contributed by atoms with Gasteiger partial charge in [0.25, 0.3) is 5.91 Å². The molecule has 0 fully saturated rings. The number of rotatable bonds is 4. The Morgan fingerprint density at radius 1 is 1.21 bits per heavy atom. The van der Waals surface area contributed by atoms with Gasteiger partial charge in [0.05, 0.1) is 34.1 Å². The second-order valence-corrected chi connectivity index (χ2v) is 6.41. The van der Waals surface area contributed by atoms with Crippen molar-refractivity contribution in [2.24, 2.45) is 5.73 Å². The molecule has 148 valence electrons. The van der Waals surface area contributed by atoms with Crippen LogP contribution in [0.4, 0.5) is 13.2 Å². The number of carbonyl (C=O) groups excluding carboxylic acids is 1. The van der Waals surface area contributed by atoms with E-state index in [0.717, 1.165) is 12.1 Å². The summed E-state index contributed by atoms with van der Waals surface area (Å²) in [6.07, 6.45) is -1.20. The van der Waals surface area contributed by atoms with E-state index in [9.17, 15) is 18.0 Å². The third kappa shape index (κ3) is 3.22. The molecule has 29 heavy (non-hydrogen) atoms. The molecule has 3 heterocycles. The van der Waals surface area contributed by atoms with Crippen LogP contribution >= 0.6 is 0 Å². The maximum Gasteiger partial charge on any atom is 0.416 e. The zero-order valence-corrected chi connectivity index (χ0v) is 15.1. The Morgan fingerprint density at radius 2 is 2.00 bits per heavy atom. The topological polar surface area (TPSA) is 113 Å². The van der Waals surface area contributed by atoms with Crippen LogP contribution in [0, 0.1) is 0 Å². The Hall–Kier alpha value is -3.69. The van der Waals surface area contributed by atoms with E-state index < -0.39 is 17.6 Å². The summed E-state index contributed by atoms with van der Waals surface area (Å²) < 4.78 is 39.8. The molecule has 0 bridgehead atoms. The van der Waals surface area contributed by atoms with Gasteiger partial charge in [0.2, 0.25) is 0 Å². The molecule has 3 aromatic heterocycles. The Morgan fingerprint density at radius 3 is 2.69 bits per heavy atom. The summed E-state index contributed by atoms with van der Waals surface area (Å²) in [5, 5.41) is 7.23. The molecule has 10 heteroatoms. The SMILES string of the molecule is CCc1ccc(C(F)(F)F)cc1-c1[nH]c(-c2ncnc3[nH]ncc23)cc1C(N)=O. The third-order valence-electron chi connectivity index (χ3n) is 4.67. The van der Waals surface area contributed by atoms with Crippen molar-refractivity contribution in [3.05, 3.63) is 53.5 Å². The number of amides is 1. The number of nitrogens with two attached hydrogens (primary N) is 1. The number of primary amides is 1. The predicted octanol–water partition coefficient (Wildman–Crippen LogP) is 3.70. The van der Waals surface area contributed by atoms with E-state index in [2.05, 4.69) is 25.1 Å². The first-order chi connectivity index (χ1) is 13.8. The monoisotopic (exact) mass is 400 g/mol. The molecule has 4 rings (SSSR count). The van der Waals surface area contributed by atoms with Gasteiger partial charge in [-0.05, 0) is 30.2 Å². The van der Waals surface area contributed by atoms with Gasteiger partial charge in [-0.2, -0.15) is 18.3 Å². The molecular formula is C19H15F3N6O. The van der Waals surface area contributed by atoms with E-state index in [1.165, 1.54) is 24.7 Å². The van der Waals surface area contributed by atoms with Crippen LogP contribution in [-0.2, 0) is 12.6 Å². The average Bonchev–Trinajstić information content (AvgIpc) is 3.33. The highest BCUT2D eigenvalue weighted by atomic mass is 19.4. The number of aromatic nitrogens is 5. The second kappa shape index (κ2) is 6.73. The lowest BCUT2D eigenvalue weighted by molar-refractivity contribution is -0.137. The number of benzene rings is 1. The molecule has 4 aromatic rings. The molecule has 0 saturated carbocycles. The number of nitrogens with one attached hydrogen (secondary N) is 2. The number of fused-ring (bicyclic) bond motifs is 1. The van der Waals surface area contributed by atoms with E-state index >= 15 is 0 Å². The van der Waals surface area contributed by atoms with Crippen LogP contribution in [-0.4, -0.2) is 31.1 Å². The number of hydrogen-bond donors (Lipinski definition) is 3. The largest absolute Gasteiger partial charge is 0.416 e. The molecule has 4 N–H and O–H groups in total.